The molecule has 0 aliphatic carbocycles. The summed E-state index contributed by atoms with van der Waals surface area (Å²) in [6.45, 7) is 3.26. The monoisotopic (exact) mass is 465 g/mol. The summed E-state index contributed by atoms with van der Waals surface area (Å²) in [6, 6.07) is 0. The molecule has 2 aromatic heterocycles. The first-order chi connectivity index (χ1) is 14.0. The van der Waals surface area contributed by atoms with Gasteiger partial charge >= 0.3 is 12.1 Å². The number of aromatic nitrogens is 3. The van der Waals surface area contributed by atoms with Crippen LogP contribution in [0.25, 0.3) is 0 Å². The van der Waals surface area contributed by atoms with Gasteiger partial charge in [-0.25, -0.2) is 4.79 Å². The maximum absolute atomic E-state index is 12.8. The van der Waals surface area contributed by atoms with Crippen LogP contribution < -0.4 is 10.6 Å². The maximum Gasteiger partial charge on any atom is 0.451 e. The zero-order chi connectivity index (χ0) is 22.6. The van der Waals surface area contributed by atoms with Crippen molar-refractivity contribution in [3.8, 4) is 0 Å². The van der Waals surface area contributed by atoms with Gasteiger partial charge in [-0.15, -0.1) is 21.5 Å². The number of carbonyl (C=O) groups excluding carboxylic acids is 3. The molecule has 0 unspecified atom stereocenters. The lowest BCUT2D eigenvalue weighted by molar-refractivity contribution is -0.147. The van der Waals surface area contributed by atoms with Gasteiger partial charge in [0.15, 0.2) is 5.16 Å². The molecule has 30 heavy (non-hydrogen) atoms. The quantitative estimate of drug-likeness (QED) is 0.477. The van der Waals surface area contributed by atoms with Crippen molar-refractivity contribution in [1.82, 2.24) is 20.1 Å². The minimum Gasteiger partial charge on any atom is -0.462 e. The molecular formula is C16H18F3N5O4S2. The third kappa shape index (κ3) is 5.11. The number of esters is 1. The summed E-state index contributed by atoms with van der Waals surface area (Å²) in [5, 5.41) is 11.5. The smallest absolute Gasteiger partial charge is 0.451 e. The summed E-state index contributed by atoms with van der Waals surface area (Å²) in [5.74, 6) is -3.21. The van der Waals surface area contributed by atoms with E-state index in [4.69, 9.17) is 4.74 Å². The Morgan fingerprint density at radius 3 is 2.47 bits per heavy atom. The highest BCUT2D eigenvalue weighted by Gasteiger charge is 2.37. The van der Waals surface area contributed by atoms with Crippen LogP contribution in [0.4, 0.5) is 18.2 Å². The summed E-state index contributed by atoms with van der Waals surface area (Å²) in [5.41, 5.74) is 0.403. The van der Waals surface area contributed by atoms with Crippen molar-refractivity contribution in [2.45, 2.75) is 25.2 Å². The van der Waals surface area contributed by atoms with Gasteiger partial charge in [0.05, 0.1) is 22.8 Å². The Balaban J connectivity index is 2.19. The van der Waals surface area contributed by atoms with Crippen LogP contribution in [0.1, 0.15) is 38.3 Å². The molecule has 0 aromatic carbocycles. The Morgan fingerprint density at radius 1 is 1.27 bits per heavy atom. The van der Waals surface area contributed by atoms with Gasteiger partial charge in [-0.1, -0.05) is 11.8 Å². The predicted molar refractivity (Wildman–Crippen MR) is 104 cm³/mol. The van der Waals surface area contributed by atoms with Gasteiger partial charge < -0.3 is 19.9 Å². The van der Waals surface area contributed by atoms with Crippen LogP contribution in [-0.4, -0.2) is 52.0 Å². The molecular weight excluding hydrogens is 447 g/mol. The van der Waals surface area contributed by atoms with E-state index < -0.39 is 29.8 Å². The summed E-state index contributed by atoms with van der Waals surface area (Å²) >= 11 is 1.64. The van der Waals surface area contributed by atoms with Gasteiger partial charge in [0.2, 0.25) is 11.7 Å². The van der Waals surface area contributed by atoms with Crippen molar-refractivity contribution < 1.29 is 32.3 Å². The fraction of sp³-hybridized carbons (Fsp3) is 0.438. The van der Waals surface area contributed by atoms with E-state index in [1.807, 2.05) is 0 Å². The number of hydrogen-bond acceptors (Lipinski definition) is 8. The van der Waals surface area contributed by atoms with Crippen LogP contribution >= 0.6 is 23.1 Å². The molecule has 14 heteroatoms. The fourth-order valence-corrected chi connectivity index (χ4v) is 4.23. The molecule has 0 spiro atoms. The highest BCUT2D eigenvalue weighted by atomic mass is 32.2. The lowest BCUT2D eigenvalue weighted by Crippen LogP contribution is -2.18. The predicted octanol–water partition coefficient (Wildman–Crippen LogP) is 2.47. The maximum atomic E-state index is 12.8. The van der Waals surface area contributed by atoms with E-state index in [1.165, 1.54) is 7.05 Å². The lowest BCUT2D eigenvalue weighted by Gasteiger charge is -2.08. The molecule has 2 rings (SSSR count). The molecule has 0 aliphatic rings. The molecule has 2 amide bonds. The number of rotatable bonds is 7. The number of amides is 2. The highest BCUT2D eigenvalue weighted by molar-refractivity contribution is 7.99. The molecule has 0 radical (unpaired) electrons. The Bertz CT molecular complexity index is 971. The van der Waals surface area contributed by atoms with Crippen molar-refractivity contribution in [2.24, 2.45) is 7.05 Å². The molecule has 2 heterocycles. The molecule has 0 fully saturated rings. The Labute approximate surface area is 177 Å². The van der Waals surface area contributed by atoms with E-state index >= 15 is 0 Å². The van der Waals surface area contributed by atoms with Crippen molar-refractivity contribution in [3.05, 3.63) is 21.8 Å². The van der Waals surface area contributed by atoms with Crippen LogP contribution in [-0.2, 0) is 22.8 Å². The Hall–Kier alpha value is -2.61. The van der Waals surface area contributed by atoms with E-state index in [0.29, 0.717) is 5.56 Å². The second kappa shape index (κ2) is 9.47. The van der Waals surface area contributed by atoms with Crippen LogP contribution in [0.5, 0.6) is 0 Å². The summed E-state index contributed by atoms with van der Waals surface area (Å²) < 4.78 is 44.1. The number of thioether (sulfide) groups is 1. The standard InChI is InChI=1S/C16H18F3N5O4S2/c1-5-28-13(27)9-7(2)10(11(26)20-3)30-12(9)21-8(25)6-29-15-23-22-14(24(15)4)16(17,18)19/h5-6H2,1-4H3,(H,20,26)(H,21,25). The van der Waals surface area contributed by atoms with Gasteiger partial charge in [0.25, 0.3) is 5.91 Å². The molecule has 0 aliphatic heterocycles. The first kappa shape index (κ1) is 23.7. The normalized spacial score (nSPS) is 11.3. The zero-order valence-electron chi connectivity index (χ0n) is 16.3. The van der Waals surface area contributed by atoms with Gasteiger partial charge in [0.1, 0.15) is 5.00 Å². The molecule has 9 nitrogen and oxygen atoms in total. The zero-order valence-corrected chi connectivity index (χ0v) is 18.0. The topological polar surface area (TPSA) is 115 Å². The first-order valence-corrected chi connectivity index (χ1v) is 10.2. The van der Waals surface area contributed by atoms with Crippen LogP contribution in [0.2, 0.25) is 0 Å². The Morgan fingerprint density at radius 2 is 1.93 bits per heavy atom. The largest absolute Gasteiger partial charge is 0.462 e. The van der Waals surface area contributed by atoms with Crippen molar-refractivity contribution >= 4 is 45.9 Å². The second-order valence-corrected chi connectivity index (χ2v) is 7.72. The first-order valence-electron chi connectivity index (χ1n) is 8.43. The second-order valence-electron chi connectivity index (χ2n) is 5.76. The number of carbonyl (C=O) groups is 3. The van der Waals surface area contributed by atoms with Crippen molar-refractivity contribution in [3.63, 3.8) is 0 Å². The molecule has 2 aromatic rings. The number of anilines is 1. The Kier molecular flexibility index (Phi) is 7.47. The molecule has 0 saturated carbocycles. The van der Waals surface area contributed by atoms with E-state index in [-0.39, 0.29) is 33.0 Å². The minimum absolute atomic E-state index is 0.0526. The highest BCUT2D eigenvalue weighted by Crippen LogP contribution is 2.34. The lowest BCUT2D eigenvalue weighted by atomic mass is 10.1. The number of hydrogen-bond donors (Lipinski definition) is 2. The van der Waals surface area contributed by atoms with Gasteiger partial charge in [-0.3, -0.25) is 9.59 Å². The van der Waals surface area contributed by atoms with Crippen LogP contribution in [0, 0.1) is 6.92 Å². The summed E-state index contributed by atoms with van der Waals surface area (Å²) in [7, 11) is 2.57. The van der Waals surface area contributed by atoms with Crippen LogP contribution in [0.3, 0.4) is 0 Å². The third-order valence-electron chi connectivity index (χ3n) is 3.73. The average Bonchev–Trinajstić information content (AvgIpc) is 3.19. The van der Waals surface area contributed by atoms with E-state index in [9.17, 15) is 27.6 Å². The third-order valence-corrected chi connectivity index (χ3v) is 5.96. The van der Waals surface area contributed by atoms with Crippen molar-refractivity contribution in [1.29, 1.82) is 0 Å². The SMILES string of the molecule is CCOC(=O)c1c(NC(=O)CSc2nnc(C(F)(F)F)n2C)sc(C(=O)NC)c1C. The fourth-order valence-electron chi connectivity index (χ4n) is 2.36. The van der Waals surface area contributed by atoms with Gasteiger partial charge in [-0.2, -0.15) is 13.2 Å². The van der Waals surface area contributed by atoms with E-state index in [2.05, 4.69) is 20.8 Å². The number of thiophene rings is 1. The van der Waals surface area contributed by atoms with E-state index in [0.717, 1.165) is 34.7 Å². The van der Waals surface area contributed by atoms with E-state index in [1.54, 1.807) is 13.8 Å². The van der Waals surface area contributed by atoms with Gasteiger partial charge in [0, 0.05) is 14.1 Å². The number of ether oxygens (including phenoxy) is 1. The number of nitrogens with zero attached hydrogens (tertiary/aromatic N) is 3. The summed E-state index contributed by atoms with van der Waals surface area (Å²) in [6.07, 6.45) is -4.66. The summed E-state index contributed by atoms with van der Waals surface area (Å²) in [4.78, 5) is 36.9. The molecule has 0 bridgehead atoms. The molecule has 164 valence electrons. The van der Waals surface area contributed by atoms with Gasteiger partial charge in [-0.05, 0) is 19.4 Å². The molecule has 2 N–H and O–H groups in total. The minimum atomic E-state index is -4.66. The van der Waals surface area contributed by atoms with Crippen molar-refractivity contribution in [2.75, 3.05) is 24.7 Å². The molecule has 0 saturated heterocycles. The molecule has 0 atom stereocenters. The average molecular weight is 465 g/mol. The number of alkyl halides is 3. The number of nitrogens with one attached hydrogen (secondary N) is 2. The van der Waals surface area contributed by atoms with Crippen LogP contribution in [0.15, 0.2) is 5.16 Å². The number of halogens is 3.